The van der Waals surface area contributed by atoms with Crippen LogP contribution in [-0.2, 0) is 14.8 Å². The number of sulfonamides is 1. The van der Waals surface area contributed by atoms with E-state index in [1.165, 1.54) is 15.5 Å². The number of hydrogen-bond acceptors (Lipinski definition) is 6. The largest absolute Gasteiger partial charge is 0.348 e. The zero-order valence-electron chi connectivity index (χ0n) is 13.0. The Morgan fingerprint density at radius 3 is 2.41 bits per heavy atom. The van der Waals surface area contributed by atoms with Gasteiger partial charge in [-0.3, -0.25) is 4.79 Å². The fourth-order valence-electron chi connectivity index (χ4n) is 2.44. The topological polar surface area (TPSA) is 86.7 Å². The molecule has 1 fully saturated rings. The number of carbonyl (C=O) groups is 1. The Bertz CT molecular complexity index is 620. The Labute approximate surface area is 130 Å². The first kappa shape index (κ1) is 16.6. The lowest BCUT2D eigenvalue weighted by molar-refractivity contribution is -0.132. The van der Waals surface area contributed by atoms with Crippen molar-refractivity contribution in [3.05, 3.63) is 18.5 Å². The Morgan fingerprint density at radius 1 is 1.23 bits per heavy atom. The molecule has 122 valence electrons. The molecule has 1 saturated heterocycles. The van der Waals surface area contributed by atoms with Crippen molar-refractivity contribution in [3.63, 3.8) is 0 Å². The normalized spacial score (nSPS) is 20.5. The molecular formula is C13H21N5O3S. The molecule has 1 atom stereocenters. The van der Waals surface area contributed by atoms with Gasteiger partial charge in [0.05, 0.1) is 12.2 Å². The van der Waals surface area contributed by atoms with Crippen molar-refractivity contribution in [1.82, 2.24) is 19.2 Å². The smallest absolute Gasteiger partial charge is 0.228 e. The minimum atomic E-state index is -3.35. The quantitative estimate of drug-likeness (QED) is 0.727. The first-order valence-corrected chi connectivity index (χ1v) is 8.82. The fourth-order valence-corrected chi connectivity index (χ4v) is 3.31. The molecule has 8 nitrogen and oxygen atoms in total. The van der Waals surface area contributed by atoms with E-state index in [2.05, 4.69) is 9.97 Å². The lowest BCUT2D eigenvalue weighted by Crippen LogP contribution is -2.42. The zero-order valence-corrected chi connectivity index (χ0v) is 13.8. The molecule has 1 aromatic heterocycles. The van der Waals surface area contributed by atoms with E-state index in [0.717, 1.165) is 0 Å². The van der Waals surface area contributed by atoms with Crippen LogP contribution in [0.15, 0.2) is 18.5 Å². The van der Waals surface area contributed by atoms with Crippen molar-refractivity contribution >= 4 is 21.9 Å². The van der Waals surface area contributed by atoms with Gasteiger partial charge in [-0.2, -0.15) is 4.31 Å². The number of carbonyl (C=O) groups excluding carboxylic acids is 1. The second-order valence-electron chi connectivity index (χ2n) is 5.55. The minimum Gasteiger partial charge on any atom is -0.348 e. The van der Waals surface area contributed by atoms with Crippen LogP contribution in [0.1, 0.15) is 0 Å². The average Bonchev–Trinajstić information content (AvgIpc) is 2.70. The highest BCUT2D eigenvalue weighted by atomic mass is 32.2. The molecule has 0 aliphatic carbocycles. The number of anilines is 1. The lowest BCUT2D eigenvalue weighted by atomic mass is 10.1. The predicted octanol–water partition coefficient (Wildman–Crippen LogP) is -0.737. The van der Waals surface area contributed by atoms with Crippen LogP contribution in [-0.4, -0.2) is 80.0 Å². The van der Waals surface area contributed by atoms with Gasteiger partial charge in [0.2, 0.25) is 21.9 Å². The van der Waals surface area contributed by atoms with Gasteiger partial charge in [0, 0.05) is 52.7 Å². The van der Waals surface area contributed by atoms with Gasteiger partial charge < -0.3 is 9.80 Å². The summed E-state index contributed by atoms with van der Waals surface area (Å²) in [5, 5.41) is 0. The Hall–Kier alpha value is -1.74. The number of rotatable bonds is 3. The molecule has 0 saturated carbocycles. The van der Waals surface area contributed by atoms with Crippen molar-refractivity contribution in [3.8, 4) is 0 Å². The van der Waals surface area contributed by atoms with Crippen LogP contribution < -0.4 is 4.90 Å². The van der Waals surface area contributed by atoms with Crippen LogP contribution in [0.3, 0.4) is 0 Å². The van der Waals surface area contributed by atoms with Crippen molar-refractivity contribution in [2.75, 3.05) is 51.4 Å². The second kappa shape index (κ2) is 6.57. The summed E-state index contributed by atoms with van der Waals surface area (Å²) in [4.78, 5) is 24.1. The molecule has 0 bridgehead atoms. The van der Waals surface area contributed by atoms with Gasteiger partial charge >= 0.3 is 0 Å². The molecule has 0 radical (unpaired) electrons. The third kappa shape index (κ3) is 3.92. The molecule has 0 N–H and O–H groups in total. The zero-order chi connectivity index (χ0) is 16.3. The first-order valence-electron chi connectivity index (χ1n) is 6.97. The number of aromatic nitrogens is 2. The van der Waals surface area contributed by atoms with Gasteiger partial charge in [-0.05, 0) is 6.07 Å². The molecular weight excluding hydrogens is 306 g/mol. The molecule has 1 unspecified atom stereocenters. The van der Waals surface area contributed by atoms with E-state index in [0.29, 0.717) is 25.6 Å². The molecule has 1 amide bonds. The number of hydrogen-bond donors (Lipinski definition) is 0. The standard InChI is InChI=1S/C13H21N5O3S/c1-16(2)12(19)11-9-17(13-14-5-4-6-15-13)7-8-18(10-11)22(3,20)21/h4-6,11H,7-10H2,1-3H3. The van der Waals surface area contributed by atoms with Gasteiger partial charge in [0.15, 0.2) is 0 Å². The highest BCUT2D eigenvalue weighted by Gasteiger charge is 2.33. The first-order chi connectivity index (χ1) is 10.3. The van der Waals surface area contributed by atoms with E-state index < -0.39 is 15.9 Å². The van der Waals surface area contributed by atoms with Crippen LogP contribution in [0.4, 0.5) is 5.95 Å². The van der Waals surface area contributed by atoms with Crippen LogP contribution in [0.2, 0.25) is 0 Å². The van der Waals surface area contributed by atoms with Gasteiger partial charge in [-0.15, -0.1) is 0 Å². The molecule has 0 aromatic carbocycles. The highest BCUT2D eigenvalue weighted by molar-refractivity contribution is 7.88. The molecule has 22 heavy (non-hydrogen) atoms. The maximum absolute atomic E-state index is 12.3. The van der Waals surface area contributed by atoms with Crippen LogP contribution in [0.5, 0.6) is 0 Å². The summed E-state index contributed by atoms with van der Waals surface area (Å²) >= 11 is 0. The summed E-state index contributed by atoms with van der Waals surface area (Å²) in [6.45, 7) is 1.34. The maximum atomic E-state index is 12.3. The number of nitrogens with zero attached hydrogens (tertiary/aromatic N) is 5. The van der Waals surface area contributed by atoms with E-state index in [1.54, 1.807) is 32.6 Å². The van der Waals surface area contributed by atoms with E-state index in [-0.39, 0.29) is 12.5 Å². The van der Waals surface area contributed by atoms with Gasteiger partial charge in [0.25, 0.3) is 0 Å². The van der Waals surface area contributed by atoms with E-state index in [4.69, 9.17) is 0 Å². The second-order valence-corrected chi connectivity index (χ2v) is 7.53. The molecule has 1 aromatic rings. The summed E-state index contributed by atoms with van der Waals surface area (Å²) in [7, 11) is -0.0158. The van der Waals surface area contributed by atoms with Crippen LogP contribution in [0, 0.1) is 5.92 Å². The Balaban J connectivity index is 2.28. The fraction of sp³-hybridized carbons (Fsp3) is 0.615. The number of amides is 1. The molecule has 1 aliphatic heterocycles. The molecule has 1 aliphatic rings. The summed E-state index contributed by atoms with van der Waals surface area (Å²) in [5.41, 5.74) is 0. The van der Waals surface area contributed by atoms with E-state index >= 15 is 0 Å². The Morgan fingerprint density at radius 2 is 1.86 bits per heavy atom. The van der Waals surface area contributed by atoms with Crippen molar-refractivity contribution in [2.24, 2.45) is 5.92 Å². The van der Waals surface area contributed by atoms with E-state index in [9.17, 15) is 13.2 Å². The summed E-state index contributed by atoms with van der Waals surface area (Å²) in [5.74, 6) is -0.0399. The van der Waals surface area contributed by atoms with Gasteiger partial charge in [-0.1, -0.05) is 0 Å². The van der Waals surface area contributed by atoms with Gasteiger partial charge in [0.1, 0.15) is 0 Å². The molecule has 9 heteroatoms. The maximum Gasteiger partial charge on any atom is 0.228 e. The third-order valence-electron chi connectivity index (χ3n) is 3.58. The molecule has 0 spiro atoms. The molecule has 2 rings (SSSR count). The van der Waals surface area contributed by atoms with Crippen molar-refractivity contribution in [1.29, 1.82) is 0 Å². The van der Waals surface area contributed by atoms with E-state index in [1.807, 2.05) is 4.90 Å². The van der Waals surface area contributed by atoms with Crippen molar-refractivity contribution in [2.45, 2.75) is 0 Å². The van der Waals surface area contributed by atoms with Gasteiger partial charge in [-0.25, -0.2) is 18.4 Å². The SMILES string of the molecule is CN(C)C(=O)C1CN(c2ncccn2)CCN(S(C)(=O)=O)C1. The molecule has 2 heterocycles. The summed E-state index contributed by atoms with van der Waals surface area (Å²) < 4.78 is 25.1. The summed E-state index contributed by atoms with van der Waals surface area (Å²) in [6, 6.07) is 1.71. The average molecular weight is 327 g/mol. The minimum absolute atomic E-state index is 0.100. The summed E-state index contributed by atoms with van der Waals surface area (Å²) in [6.07, 6.45) is 4.42. The van der Waals surface area contributed by atoms with Crippen LogP contribution in [0.25, 0.3) is 0 Å². The predicted molar refractivity (Wildman–Crippen MR) is 82.8 cm³/mol. The van der Waals surface area contributed by atoms with Crippen LogP contribution >= 0.6 is 0 Å². The monoisotopic (exact) mass is 327 g/mol. The Kier molecular flexibility index (Phi) is 4.97. The highest BCUT2D eigenvalue weighted by Crippen LogP contribution is 2.17. The van der Waals surface area contributed by atoms with Crippen molar-refractivity contribution < 1.29 is 13.2 Å². The third-order valence-corrected chi connectivity index (χ3v) is 4.85. The lowest BCUT2D eigenvalue weighted by Gasteiger charge is -2.25.